The standard InChI is InChI=1S/C19H17ClN8S/c1-11-4-6-21-18(24-11)26-19-25-16-14-9-23-27-17(14)28(7-5-15(16)29-19)10-13-3-2-12(20)8-22-13/h2-4,6,8-9H,5,7,10H2,1H3,(H,23,27)(H,21,24,25,26). The number of fused-ring (bicyclic) bond motifs is 3. The summed E-state index contributed by atoms with van der Waals surface area (Å²) < 4.78 is 0. The molecule has 0 atom stereocenters. The molecule has 0 spiro atoms. The van der Waals surface area contributed by atoms with Gasteiger partial charge in [0.05, 0.1) is 34.7 Å². The van der Waals surface area contributed by atoms with Gasteiger partial charge in [-0.15, -0.1) is 11.3 Å². The summed E-state index contributed by atoms with van der Waals surface area (Å²) >= 11 is 7.58. The van der Waals surface area contributed by atoms with Gasteiger partial charge in [0.2, 0.25) is 5.95 Å². The van der Waals surface area contributed by atoms with Crippen molar-refractivity contribution < 1.29 is 0 Å². The summed E-state index contributed by atoms with van der Waals surface area (Å²) in [6.45, 7) is 3.43. The molecule has 0 unspecified atom stereocenters. The maximum Gasteiger partial charge on any atom is 0.229 e. The summed E-state index contributed by atoms with van der Waals surface area (Å²) in [5.74, 6) is 1.50. The zero-order chi connectivity index (χ0) is 19.8. The van der Waals surface area contributed by atoms with Gasteiger partial charge in [-0.25, -0.2) is 15.0 Å². The van der Waals surface area contributed by atoms with E-state index in [4.69, 9.17) is 16.6 Å². The fourth-order valence-corrected chi connectivity index (χ4v) is 4.36. The van der Waals surface area contributed by atoms with Gasteiger partial charge in [-0.3, -0.25) is 10.1 Å². The Kier molecular flexibility index (Phi) is 4.61. The molecule has 1 aliphatic rings. The number of rotatable bonds is 4. The van der Waals surface area contributed by atoms with Gasteiger partial charge in [0.1, 0.15) is 5.82 Å². The molecule has 0 amide bonds. The summed E-state index contributed by atoms with van der Waals surface area (Å²) in [7, 11) is 0. The number of hydrogen-bond acceptors (Lipinski definition) is 8. The third-order valence-corrected chi connectivity index (χ3v) is 5.91. The topological polar surface area (TPSA) is 95.5 Å². The first kappa shape index (κ1) is 18.0. The number of nitrogens with one attached hydrogen (secondary N) is 2. The molecule has 0 bridgehead atoms. The lowest BCUT2D eigenvalue weighted by Crippen LogP contribution is -2.25. The SMILES string of the molecule is Cc1ccnc(Nc2nc3c(s2)CCN(Cc2ccc(Cl)cn2)c2[nH]ncc2-3)n1. The third kappa shape index (κ3) is 3.66. The van der Waals surface area contributed by atoms with Crippen LogP contribution in [0.4, 0.5) is 16.9 Å². The van der Waals surface area contributed by atoms with Gasteiger partial charge in [0, 0.05) is 35.9 Å². The van der Waals surface area contributed by atoms with Crippen LogP contribution in [0.15, 0.2) is 36.8 Å². The predicted octanol–water partition coefficient (Wildman–Crippen LogP) is 3.99. The Bertz CT molecular complexity index is 1150. The number of aryl methyl sites for hydroxylation is 1. The Morgan fingerprint density at radius 1 is 1.21 bits per heavy atom. The summed E-state index contributed by atoms with van der Waals surface area (Å²) in [6, 6.07) is 5.67. The highest BCUT2D eigenvalue weighted by Gasteiger charge is 2.25. The van der Waals surface area contributed by atoms with E-state index in [-0.39, 0.29) is 0 Å². The van der Waals surface area contributed by atoms with Crippen LogP contribution in [0, 0.1) is 6.92 Å². The first-order chi connectivity index (χ1) is 14.2. The van der Waals surface area contributed by atoms with Crippen molar-refractivity contribution in [1.82, 2.24) is 30.1 Å². The summed E-state index contributed by atoms with van der Waals surface area (Å²) in [6.07, 6.45) is 6.11. The van der Waals surface area contributed by atoms with Crippen molar-refractivity contribution in [2.24, 2.45) is 0 Å². The number of thiazole rings is 1. The molecular formula is C19H17ClN8S. The van der Waals surface area contributed by atoms with Crippen LogP contribution >= 0.6 is 22.9 Å². The smallest absolute Gasteiger partial charge is 0.229 e. The lowest BCUT2D eigenvalue weighted by molar-refractivity contribution is 0.761. The Hall–Kier alpha value is -3.04. The van der Waals surface area contributed by atoms with Gasteiger partial charge in [0.15, 0.2) is 5.13 Å². The van der Waals surface area contributed by atoms with E-state index in [1.165, 1.54) is 4.88 Å². The van der Waals surface area contributed by atoms with Crippen molar-refractivity contribution in [2.75, 3.05) is 16.8 Å². The van der Waals surface area contributed by atoms with Crippen molar-refractivity contribution in [3.05, 3.63) is 58.1 Å². The number of anilines is 3. The molecule has 8 nitrogen and oxygen atoms in total. The van der Waals surface area contributed by atoms with E-state index in [9.17, 15) is 0 Å². The van der Waals surface area contributed by atoms with E-state index in [2.05, 4.69) is 35.4 Å². The van der Waals surface area contributed by atoms with E-state index < -0.39 is 0 Å². The largest absolute Gasteiger partial charge is 0.350 e. The highest BCUT2D eigenvalue weighted by molar-refractivity contribution is 7.16. The third-order valence-electron chi connectivity index (χ3n) is 4.65. The molecule has 2 N–H and O–H groups in total. The van der Waals surface area contributed by atoms with Crippen LogP contribution < -0.4 is 10.2 Å². The zero-order valence-corrected chi connectivity index (χ0v) is 17.1. The van der Waals surface area contributed by atoms with E-state index in [1.807, 2.05) is 31.3 Å². The number of hydrogen-bond donors (Lipinski definition) is 2. The normalized spacial score (nSPS) is 13.0. The van der Waals surface area contributed by atoms with E-state index in [1.54, 1.807) is 23.7 Å². The first-order valence-electron chi connectivity index (χ1n) is 9.11. The average molecular weight is 425 g/mol. The van der Waals surface area contributed by atoms with Gasteiger partial charge in [-0.05, 0) is 25.1 Å². The Labute approximate surface area is 176 Å². The van der Waals surface area contributed by atoms with E-state index in [0.717, 1.165) is 46.6 Å². The highest BCUT2D eigenvalue weighted by atomic mass is 35.5. The Morgan fingerprint density at radius 3 is 2.97 bits per heavy atom. The van der Waals surface area contributed by atoms with Crippen LogP contribution in [-0.4, -0.2) is 36.7 Å². The van der Waals surface area contributed by atoms with Gasteiger partial charge >= 0.3 is 0 Å². The second kappa shape index (κ2) is 7.41. The Morgan fingerprint density at radius 2 is 2.14 bits per heavy atom. The fraction of sp³-hybridized carbons (Fsp3) is 0.211. The minimum atomic E-state index is 0.553. The zero-order valence-electron chi connectivity index (χ0n) is 15.6. The molecule has 29 heavy (non-hydrogen) atoms. The van der Waals surface area contributed by atoms with Crippen LogP contribution in [-0.2, 0) is 13.0 Å². The van der Waals surface area contributed by atoms with Gasteiger partial charge in [-0.2, -0.15) is 5.10 Å². The molecule has 1 aliphatic heterocycles. The maximum atomic E-state index is 5.96. The van der Waals surface area contributed by atoms with E-state index in [0.29, 0.717) is 17.5 Å². The summed E-state index contributed by atoms with van der Waals surface area (Å²) in [5, 5.41) is 12.0. The second-order valence-electron chi connectivity index (χ2n) is 6.71. The second-order valence-corrected chi connectivity index (χ2v) is 8.23. The quantitative estimate of drug-likeness (QED) is 0.511. The van der Waals surface area contributed by atoms with Crippen molar-refractivity contribution in [3.63, 3.8) is 0 Å². The number of nitrogens with zero attached hydrogens (tertiary/aromatic N) is 6. The predicted molar refractivity (Wildman–Crippen MR) is 114 cm³/mol. The van der Waals surface area contributed by atoms with Gasteiger partial charge in [-0.1, -0.05) is 11.6 Å². The molecule has 0 radical (unpaired) electrons. The highest BCUT2D eigenvalue weighted by Crippen LogP contribution is 2.39. The van der Waals surface area contributed by atoms with Crippen LogP contribution in [0.2, 0.25) is 5.02 Å². The fourth-order valence-electron chi connectivity index (χ4n) is 3.29. The number of aromatic amines is 1. The lowest BCUT2D eigenvalue weighted by Gasteiger charge is -2.21. The molecule has 0 saturated heterocycles. The number of aromatic nitrogens is 6. The molecule has 0 fully saturated rings. The molecule has 5 heterocycles. The Balaban J connectivity index is 1.43. The van der Waals surface area contributed by atoms with Crippen LogP contribution in [0.1, 0.15) is 16.3 Å². The molecule has 4 aromatic heterocycles. The minimum absolute atomic E-state index is 0.553. The molecular weight excluding hydrogens is 408 g/mol. The number of halogens is 1. The molecule has 0 saturated carbocycles. The summed E-state index contributed by atoms with van der Waals surface area (Å²) in [5.41, 5.74) is 3.79. The number of H-pyrrole nitrogens is 1. The molecule has 5 rings (SSSR count). The van der Waals surface area contributed by atoms with Gasteiger partial charge < -0.3 is 10.2 Å². The lowest BCUT2D eigenvalue weighted by atomic mass is 10.2. The van der Waals surface area contributed by atoms with Crippen molar-refractivity contribution in [1.29, 1.82) is 0 Å². The van der Waals surface area contributed by atoms with Crippen molar-refractivity contribution >= 4 is 39.8 Å². The minimum Gasteiger partial charge on any atom is -0.350 e. The molecule has 10 heteroatoms. The summed E-state index contributed by atoms with van der Waals surface area (Å²) in [4.78, 5) is 21.3. The molecule has 4 aromatic rings. The molecule has 146 valence electrons. The average Bonchev–Trinajstić information content (AvgIpc) is 3.31. The number of pyridine rings is 1. The van der Waals surface area contributed by atoms with Crippen molar-refractivity contribution in [2.45, 2.75) is 19.9 Å². The monoisotopic (exact) mass is 424 g/mol. The van der Waals surface area contributed by atoms with E-state index >= 15 is 0 Å². The van der Waals surface area contributed by atoms with Gasteiger partial charge in [0.25, 0.3) is 0 Å². The molecule has 0 aliphatic carbocycles. The molecule has 0 aromatic carbocycles. The van der Waals surface area contributed by atoms with Crippen LogP contribution in [0.25, 0.3) is 11.3 Å². The van der Waals surface area contributed by atoms with Crippen LogP contribution in [0.3, 0.4) is 0 Å². The van der Waals surface area contributed by atoms with Crippen LogP contribution in [0.5, 0.6) is 0 Å². The van der Waals surface area contributed by atoms with Crippen molar-refractivity contribution in [3.8, 4) is 11.3 Å². The first-order valence-corrected chi connectivity index (χ1v) is 10.3. The maximum absolute atomic E-state index is 5.96.